The van der Waals surface area contributed by atoms with Crippen molar-refractivity contribution in [1.82, 2.24) is 4.98 Å². The molecule has 1 aromatic heterocycles. The minimum absolute atomic E-state index is 0.170. The van der Waals surface area contributed by atoms with Gasteiger partial charge in [-0.15, -0.1) is 0 Å². The monoisotopic (exact) mass is 399 g/mol. The molecule has 6 nitrogen and oxygen atoms in total. The van der Waals surface area contributed by atoms with Crippen LogP contribution in [0, 0.1) is 5.82 Å². The Balaban J connectivity index is 1.83. The second kappa shape index (κ2) is 8.49. The quantitative estimate of drug-likeness (QED) is 0.667. The van der Waals surface area contributed by atoms with E-state index in [1.807, 2.05) is 0 Å². The lowest BCUT2D eigenvalue weighted by atomic mass is 10.2. The number of benzene rings is 2. The molecule has 0 saturated carbocycles. The Hall–Kier alpha value is -3.45. The van der Waals surface area contributed by atoms with E-state index >= 15 is 0 Å². The van der Waals surface area contributed by atoms with Crippen LogP contribution in [0.1, 0.15) is 20.7 Å². The van der Waals surface area contributed by atoms with Gasteiger partial charge in [0.2, 0.25) is 0 Å². The molecule has 0 saturated heterocycles. The van der Waals surface area contributed by atoms with Gasteiger partial charge in [0.15, 0.2) is 0 Å². The first-order chi connectivity index (χ1) is 13.5. The zero-order chi connectivity index (χ0) is 20.1. The number of nitrogens with one attached hydrogen (secondary N) is 2. The fourth-order valence-corrected chi connectivity index (χ4v) is 2.61. The van der Waals surface area contributed by atoms with Gasteiger partial charge in [0, 0.05) is 23.1 Å². The van der Waals surface area contributed by atoms with E-state index in [2.05, 4.69) is 15.6 Å². The molecule has 0 aliphatic rings. The van der Waals surface area contributed by atoms with E-state index in [9.17, 15) is 14.0 Å². The van der Waals surface area contributed by atoms with Crippen LogP contribution in [-0.4, -0.2) is 23.9 Å². The van der Waals surface area contributed by atoms with E-state index in [-0.39, 0.29) is 22.2 Å². The van der Waals surface area contributed by atoms with E-state index in [1.54, 1.807) is 30.5 Å². The Morgan fingerprint density at radius 3 is 2.57 bits per heavy atom. The molecular formula is C20H15ClFN3O3. The van der Waals surface area contributed by atoms with Crippen molar-refractivity contribution in [2.24, 2.45) is 0 Å². The number of hydrogen-bond donors (Lipinski definition) is 2. The molecule has 0 aliphatic carbocycles. The van der Waals surface area contributed by atoms with Crippen molar-refractivity contribution in [3.05, 3.63) is 82.9 Å². The van der Waals surface area contributed by atoms with Crippen molar-refractivity contribution < 1.29 is 18.7 Å². The first-order valence-corrected chi connectivity index (χ1v) is 8.51. The maximum atomic E-state index is 14.0. The predicted octanol–water partition coefficient (Wildman–Crippen LogP) is 4.39. The third kappa shape index (κ3) is 4.44. The average Bonchev–Trinajstić information content (AvgIpc) is 2.68. The van der Waals surface area contributed by atoms with Gasteiger partial charge in [0.25, 0.3) is 11.8 Å². The van der Waals surface area contributed by atoms with Crippen molar-refractivity contribution in [1.29, 1.82) is 0 Å². The van der Waals surface area contributed by atoms with Gasteiger partial charge in [-0.1, -0.05) is 11.6 Å². The molecular weight excluding hydrogens is 385 g/mol. The molecule has 0 bridgehead atoms. The van der Waals surface area contributed by atoms with E-state index in [0.29, 0.717) is 17.0 Å². The third-order valence-electron chi connectivity index (χ3n) is 3.81. The lowest BCUT2D eigenvalue weighted by Crippen LogP contribution is -2.15. The SMILES string of the molecule is COc1ccc(NC(=O)c2cccnc2)cc1NC(=O)c1ccc(Cl)cc1F. The van der Waals surface area contributed by atoms with Gasteiger partial charge < -0.3 is 15.4 Å². The molecule has 0 spiro atoms. The topological polar surface area (TPSA) is 80.3 Å². The largest absolute Gasteiger partial charge is 0.495 e. The number of aromatic nitrogens is 1. The number of amides is 2. The number of rotatable bonds is 5. The summed E-state index contributed by atoms with van der Waals surface area (Å²) in [7, 11) is 1.43. The van der Waals surface area contributed by atoms with Crippen LogP contribution < -0.4 is 15.4 Å². The molecule has 28 heavy (non-hydrogen) atoms. The van der Waals surface area contributed by atoms with E-state index in [4.69, 9.17) is 16.3 Å². The number of halogens is 2. The standard InChI is InChI=1S/C20H15ClFN3O3/c1-28-18-7-5-14(24-19(26)12-3-2-8-23-11-12)10-17(18)25-20(27)15-6-4-13(21)9-16(15)22/h2-11H,1H3,(H,24,26)(H,25,27). The Morgan fingerprint density at radius 2 is 1.89 bits per heavy atom. The maximum Gasteiger partial charge on any atom is 0.258 e. The fourth-order valence-electron chi connectivity index (χ4n) is 2.45. The molecule has 2 amide bonds. The summed E-state index contributed by atoms with van der Waals surface area (Å²) < 4.78 is 19.2. The van der Waals surface area contributed by atoms with Crippen molar-refractivity contribution >= 4 is 34.8 Å². The minimum Gasteiger partial charge on any atom is -0.495 e. The fraction of sp³-hybridized carbons (Fsp3) is 0.0500. The predicted molar refractivity (Wildman–Crippen MR) is 105 cm³/mol. The van der Waals surface area contributed by atoms with Crippen LogP contribution in [0.4, 0.5) is 15.8 Å². The van der Waals surface area contributed by atoms with Crippen LogP contribution in [0.2, 0.25) is 5.02 Å². The summed E-state index contributed by atoms with van der Waals surface area (Å²) in [6.07, 6.45) is 3.00. The highest BCUT2D eigenvalue weighted by Gasteiger charge is 2.15. The van der Waals surface area contributed by atoms with Gasteiger partial charge in [-0.05, 0) is 48.5 Å². The number of ether oxygens (including phenoxy) is 1. The summed E-state index contributed by atoms with van der Waals surface area (Å²) >= 11 is 5.71. The van der Waals surface area contributed by atoms with Crippen LogP contribution in [0.25, 0.3) is 0 Å². The minimum atomic E-state index is -0.745. The van der Waals surface area contributed by atoms with Crippen molar-refractivity contribution in [3.8, 4) is 5.75 Å². The van der Waals surface area contributed by atoms with Gasteiger partial charge >= 0.3 is 0 Å². The number of anilines is 2. The van der Waals surface area contributed by atoms with Gasteiger partial charge in [-0.2, -0.15) is 0 Å². The molecule has 0 aliphatic heterocycles. The number of hydrogen-bond acceptors (Lipinski definition) is 4. The lowest BCUT2D eigenvalue weighted by Gasteiger charge is -2.13. The number of pyridine rings is 1. The molecule has 0 atom stereocenters. The second-order valence-corrected chi connectivity index (χ2v) is 6.13. The van der Waals surface area contributed by atoms with E-state index in [0.717, 1.165) is 6.07 Å². The Labute approximate surface area is 165 Å². The van der Waals surface area contributed by atoms with Crippen LogP contribution in [-0.2, 0) is 0 Å². The smallest absolute Gasteiger partial charge is 0.258 e. The summed E-state index contributed by atoms with van der Waals surface area (Å²) in [5.41, 5.74) is 0.899. The van der Waals surface area contributed by atoms with Gasteiger partial charge in [0.05, 0.1) is 23.9 Å². The number of methoxy groups -OCH3 is 1. The number of nitrogens with zero attached hydrogens (tertiary/aromatic N) is 1. The summed E-state index contributed by atoms with van der Waals surface area (Å²) in [4.78, 5) is 28.6. The van der Waals surface area contributed by atoms with Crippen LogP contribution in [0.15, 0.2) is 60.9 Å². The zero-order valence-electron chi connectivity index (χ0n) is 14.7. The van der Waals surface area contributed by atoms with Crippen molar-refractivity contribution in [3.63, 3.8) is 0 Å². The summed E-state index contributed by atoms with van der Waals surface area (Å²) in [6, 6.07) is 11.7. The molecule has 0 unspecified atom stereocenters. The highest BCUT2D eigenvalue weighted by atomic mass is 35.5. The van der Waals surface area contributed by atoms with E-state index < -0.39 is 11.7 Å². The molecule has 1 heterocycles. The third-order valence-corrected chi connectivity index (χ3v) is 4.04. The highest BCUT2D eigenvalue weighted by Crippen LogP contribution is 2.29. The van der Waals surface area contributed by atoms with E-state index in [1.165, 1.54) is 31.5 Å². The molecule has 3 aromatic rings. The van der Waals surface area contributed by atoms with Crippen molar-refractivity contribution in [2.75, 3.05) is 17.7 Å². The van der Waals surface area contributed by atoms with Crippen molar-refractivity contribution in [2.45, 2.75) is 0 Å². The first kappa shape index (κ1) is 19.3. The molecule has 0 radical (unpaired) electrons. The molecule has 142 valence electrons. The van der Waals surface area contributed by atoms with Gasteiger partial charge in [-0.3, -0.25) is 14.6 Å². The molecule has 3 rings (SSSR count). The first-order valence-electron chi connectivity index (χ1n) is 8.14. The van der Waals surface area contributed by atoms with Crippen LogP contribution >= 0.6 is 11.6 Å². The Bertz CT molecular complexity index is 1030. The van der Waals surface area contributed by atoms with Crippen LogP contribution in [0.5, 0.6) is 5.75 Å². The number of carbonyl (C=O) groups excluding carboxylic acids is 2. The summed E-state index contributed by atoms with van der Waals surface area (Å²) in [5, 5.41) is 5.47. The summed E-state index contributed by atoms with van der Waals surface area (Å²) in [5.74, 6) is -1.44. The molecule has 0 fully saturated rings. The highest BCUT2D eigenvalue weighted by molar-refractivity contribution is 6.30. The Kier molecular flexibility index (Phi) is 5.86. The number of carbonyl (C=O) groups is 2. The normalized spacial score (nSPS) is 10.2. The Morgan fingerprint density at radius 1 is 1.07 bits per heavy atom. The molecule has 8 heteroatoms. The van der Waals surface area contributed by atoms with Gasteiger partial charge in [0.1, 0.15) is 11.6 Å². The summed E-state index contributed by atoms with van der Waals surface area (Å²) in [6.45, 7) is 0. The average molecular weight is 400 g/mol. The lowest BCUT2D eigenvalue weighted by molar-refractivity contribution is 0.101. The molecule has 2 aromatic carbocycles. The van der Waals surface area contributed by atoms with Crippen LogP contribution in [0.3, 0.4) is 0 Å². The second-order valence-electron chi connectivity index (χ2n) is 5.69. The van der Waals surface area contributed by atoms with Gasteiger partial charge in [-0.25, -0.2) is 4.39 Å². The maximum absolute atomic E-state index is 14.0. The molecule has 2 N–H and O–H groups in total. The zero-order valence-corrected chi connectivity index (χ0v) is 15.5.